The van der Waals surface area contributed by atoms with Gasteiger partial charge < -0.3 is 4.90 Å². The first kappa shape index (κ1) is 9.25. The molecule has 0 spiro atoms. The van der Waals surface area contributed by atoms with Gasteiger partial charge in [-0.1, -0.05) is 37.3 Å². The molecule has 1 saturated heterocycles. The average molecular weight is 189 g/mol. The summed E-state index contributed by atoms with van der Waals surface area (Å²) in [5, 5.41) is 0. The van der Waals surface area contributed by atoms with Crippen LogP contribution in [0.25, 0.3) is 0 Å². The van der Waals surface area contributed by atoms with Crippen LogP contribution in [-0.2, 0) is 4.79 Å². The molecule has 2 heteroatoms. The summed E-state index contributed by atoms with van der Waals surface area (Å²) in [7, 11) is 0. The maximum atomic E-state index is 10.7. The van der Waals surface area contributed by atoms with Gasteiger partial charge in [-0.15, -0.1) is 0 Å². The van der Waals surface area contributed by atoms with E-state index >= 15 is 0 Å². The highest BCUT2D eigenvalue weighted by Crippen LogP contribution is 2.31. The zero-order valence-corrected chi connectivity index (χ0v) is 8.39. The molecule has 0 bridgehead atoms. The molecule has 2 nitrogen and oxygen atoms in total. The lowest BCUT2D eigenvalue weighted by molar-refractivity contribution is -0.117. The molecule has 2 unspecified atom stereocenters. The molecule has 14 heavy (non-hydrogen) atoms. The van der Waals surface area contributed by atoms with E-state index in [1.807, 2.05) is 11.0 Å². The molecule has 1 fully saturated rings. The van der Waals surface area contributed by atoms with Crippen molar-refractivity contribution in [3.8, 4) is 0 Å². The minimum absolute atomic E-state index is 0.515. The predicted molar refractivity (Wildman–Crippen MR) is 56.0 cm³/mol. The van der Waals surface area contributed by atoms with Crippen LogP contribution in [-0.4, -0.2) is 24.4 Å². The molecule has 1 aliphatic rings. The van der Waals surface area contributed by atoms with Crippen molar-refractivity contribution in [1.29, 1.82) is 0 Å². The highest BCUT2D eigenvalue weighted by Gasteiger charge is 2.29. The molecule has 0 aromatic heterocycles. The summed E-state index contributed by atoms with van der Waals surface area (Å²) in [4.78, 5) is 12.5. The highest BCUT2D eigenvalue weighted by atomic mass is 16.1. The van der Waals surface area contributed by atoms with Crippen molar-refractivity contribution in [1.82, 2.24) is 4.90 Å². The second-order valence-corrected chi connectivity index (χ2v) is 4.05. The molecule has 0 saturated carbocycles. The van der Waals surface area contributed by atoms with Crippen LogP contribution in [0.4, 0.5) is 0 Å². The summed E-state index contributed by atoms with van der Waals surface area (Å²) in [6.07, 6.45) is 0.958. The minimum atomic E-state index is 0.515. The van der Waals surface area contributed by atoms with Crippen molar-refractivity contribution in [3.63, 3.8) is 0 Å². The van der Waals surface area contributed by atoms with Crippen LogP contribution in [0, 0.1) is 5.92 Å². The fraction of sp³-hybridized carbons (Fsp3) is 0.417. The molecule has 0 aliphatic carbocycles. The van der Waals surface area contributed by atoms with Gasteiger partial charge in [-0.3, -0.25) is 4.79 Å². The molecule has 1 aromatic carbocycles. The molecule has 74 valence electrons. The van der Waals surface area contributed by atoms with Crippen LogP contribution in [0.15, 0.2) is 30.3 Å². The van der Waals surface area contributed by atoms with Gasteiger partial charge in [0.1, 0.15) is 0 Å². The summed E-state index contributed by atoms with van der Waals surface area (Å²) < 4.78 is 0. The number of likely N-dealkylation sites (tertiary alicyclic amines) is 1. The molecular formula is C12H15NO. The molecule has 2 rings (SSSR count). The first-order chi connectivity index (χ1) is 6.81. The third-order valence-corrected chi connectivity index (χ3v) is 3.02. The molecular weight excluding hydrogens is 174 g/mol. The van der Waals surface area contributed by atoms with Crippen LogP contribution in [0.2, 0.25) is 0 Å². The van der Waals surface area contributed by atoms with E-state index in [4.69, 9.17) is 0 Å². The number of benzene rings is 1. The third kappa shape index (κ3) is 1.65. The lowest BCUT2D eigenvalue weighted by Gasteiger charge is -2.13. The van der Waals surface area contributed by atoms with Gasteiger partial charge in [0.2, 0.25) is 6.41 Å². The summed E-state index contributed by atoms with van der Waals surface area (Å²) in [6, 6.07) is 10.4. The van der Waals surface area contributed by atoms with Gasteiger partial charge >= 0.3 is 0 Å². The SMILES string of the molecule is CC1CN(C=O)CC1c1ccccc1. The fourth-order valence-corrected chi connectivity index (χ4v) is 2.22. The highest BCUT2D eigenvalue weighted by molar-refractivity contribution is 5.48. The van der Waals surface area contributed by atoms with Gasteiger partial charge in [0, 0.05) is 19.0 Å². The van der Waals surface area contributed by atoms with Crippen molar-refractivity contribution in [2.24, 2.45) is 5.92 Å². The van der Waals surface area contributed by atoms with Crippen LogP contribution in [0.3, 0.4) is 0 Å². The van der Waals surface area contributed by atoms with E-state index in [2.05, 4.69) is 31.2 Å². The van der Waals surface area contributed by atoms with Crippen molar-refractivity contribution in [2.45, 2.75) is 12.8 Å². The molecule has 0 N–H and O–H groups in total. The van der Waals surface area contributed by atoms with Crippen molar-refractivity contribution in [3.05, 3.63) is 35.9 Å². The number of amides is 1. The Morgan fingerprint density at radius 3 is 2.57 bits per heavy atom. The maximum Gasteiger partial charge on any atom is 0.209 e. The molecule has 1 aromatic rings. The summed E-state index contributed by atoms with van der Waals surface area (Å²) in [5.74, 6) is 1.09. The van der Waals surface area contributed by atoms with E-state index in [1.165, 1.54) is 5.56 Å². The Morgan fingerprint density at radius 2 is 2.00 bits per heavy atom. The second-order valence-electron chi connectivity index (χ2n) is 4.05. The summed E-state index contributed by atoms with van der Waals surface area (Å²) >= 11 is 0. The lowest BCUT2D eigenvalue weighted by Crippen LogP contribution is -2.17. The Morgan fingerprint density at radius 1 is 1.29 bits per heavy atom. The third-order valence-electron chi connectivity index (χ3n) is 3.02. The van der Waals surface area contributed by atoms with Gasteiger partial charge in [-0.2, -0.15) is 0 Å². The van der Waals surface area contributed by atoms with E-state index in [1.54, 1.807) is 0 Å². The summed E-state index contributed by atoms with van der Waals surface area (Å²) in [5.41, 5.74) is 1.35. The Bertz CT molecular complexity index is 309. The van der Waals surface area contributed by atoms with E-state index in [9.17, 15) is 4.79 Å². The standard InChI is InChI=1S/C12H15NO/c1-10-7-13(9-14)8-12(10)11-5-3-2-4-6-11/h2-6,9-10,12H,7-8H2,1H3. The fourth-order valence-electron chi connectivity index (χ4n) is 2.22. The Hall–Kier alpha value is -1.31. The zero-order valence-electron chi connectivity index (χ0n) is 8.39. The van der Waals surface area contributed by atoms with Crippen LogP contribution in [0.5, 0.6) is 0 Å². The maximum absolute atomic E-state index is 10.7. The van der Waals surface area contributed by atoms with Crippen molar-refractivity contribution < 1.29 is 4.79 Å². The number of nitrogens with zero attached hydrogens (tertiary/aromatic N) is 1. The quantitative estimate of drug-likeness (QED) is 0.650. The van der Waals surface area contributed by atoms with Crippen molar-refractivity contribution in [2.75, 3.05) is 13.1 Å². The Labute approximate surface area is 84.5 Å². The molecule has 1 amide bonds. The van der Waals surface area contributed by atoms with Gasteiger partial charge in [0.05, 0.1) is 0 Å². The average Bonchev–Trinajstić information content (AvgIpc) is 2.61. The van der Waals surface area contributed by atoms with Crippen molar-refractivity contribution >= 4 is 6.41 Å². The van der Waals surface area contributed by atoms with E-state index < -0.39 is 0 Å². The van der Waals surface area contributed by atoms with Crippen LogP contribution in [0.1, 0.15) is 18.4 Å². The Kier molecular flexibility index (Phi) is 2.53. The van der Waals surface area contributed by atoms with E-state index in [-0.39, 0.29) is 0 Å². The van der Waals surface area contributed by atoms with Gasteiger partial charge in [0.25, 0.3) is 0 Å². The molecule has 1 aliphatic heterocycles. The number of carbonyl (C=O) groups excluding carboxylic acids is 1. The number of hydrogen-bond acceptors (Lipinski definition) is 1. The smallest absolute Gasteiger partial charge is 0.209 e. The normalized spacial score (nSPS) is 26.5. The van der Waals surface area contributed by atoms with Crippen LogP contribution < -0.4 is 0 Å². The predicted octanol–water partition coefficient (Wildman–Crippen LogP) is 1.88. The number of hydrogen-bond donors (Lipinski definition) is 0. The number of rotatable bonds is 2. The number of carbonyl (C=O) groups is 1. The lowest BCUT2D eigenvalue weighted by atomic mass is 9.90. The zero-order chi connectivity index (χ0) is 9.97. The molecule has 1 heterocycles. The first-order valence-electron chi connectivity index (χ1n) is 5.05. The van der Waals surface area contributed by atoms with Gasteiger partial charge in [-0.25, -0.2) is 0 Å². The summed E-state index contributed by atoms with van der Waals surface area (Å²) in [6.45, 7) is 3.97. The van der Waals surface area contributed by atoms with Gasteiger partial charge in [-0.05, 0) is 11.5 Å². The van der Waals surface area contributed by atoms with Crippen LogP contribution >= 0.6 is 0 Å². The Balaban J connectivity index is 2.16. The second kappa shape index (κ2) is 3.82. The first-order valence-corrected chi connectivity index (χ1v) is 5.05. The van der Waals surface area contributed by atoms with E-state index in [0.29, 0.717) is 11.8 Å². The monoisotopic (exact) mass is 189 g/mol. The molecule has 0 radical (unpaired) electrons. The molecule has 2 atom stereocenters. The minimum Gasteiger partial charge on any atom is -0.344 e. The van der Waals surface area contributed by atoms with E-state index in [0.717, 1.165) is 19.5 Å². The largest absolute Gasteiger partial charge is 0.344 e. The topological polar surface area (TPSA) is 20.3 Å². The van der Waals surface area contributed by atoms with Gasteiger partial charge in [0.15, 0.2) is 0 Å².